The van der Waals surface area contributed by atoms with E-state index in [1.54, 1.807) is 0 Å². The van der Waals surface area contributed by atoms with E-state index < -0.39 is 11.6 Å². The van der Waals surface area contributed by atoms with Gasteiger partial charge in [0.2, 0.25) is 11.8 Å². The van der Waals surface area contributed by atoms with Crippen LogP contribution < -0.4 is 10.6 Å². The molecule has 0 atom stereocenters. The van der Waals surface area contributed by atoms with Crippen LogP contribution in [0, 0.1) is 32.4 Å². The van der Waals surface area contributed by atoms with E-state index in [9.17, 15) is 18.4 Å². The normalized spacial score (nSPS) is 10.7. The Kier molecular flexibility index (Phi) is 6.79. The third-order valence-electron chi connectivity index (χ3n) is 4.70. The molecule has 8 heteroatoms. The summed E-state index contributed by atoms with van der Waals surface area (Å²) in [5.74, 6) is -1.73. The number of amides is 2. The fraction of sp³-hybridized carbons (Fsp3) is 0.261. The number of rotatable bonds is 7. The van der Waals surface area contributed by atoms with Crippen molar-refractivity contribution in [1.82, 2.24) is 10.3 Å². The van der Waals surface area contributed by atoms with Crippen molar-refractivity contribution < 1.29 is 22.8 Å². The number of carbonyl (C=O) groups is 2. The van der Waals surface area contributed by atoms with Crippen molar-refractivity contribution in [2.45, 2.75) is 33.6 Å². The Balaban J connectivity index is 1.49. The molecular formula is C23H23F2N3O3. The van der Waals surface area contributed by atoms with E-state index in [-0.39, 0.29) is 48.4 Å². The summed E-state index contributed by atoms with van der Waals surface area (Å²) in [7, 11) is 0. The van der Waals surface area contributed by atoms with Crippen LogP contribution in [0.2, 0.25) is 0 Å². The van der Waals surface area contributed by atoms with Gasteiger partial charge in [-0.25, -0.2) is 13.8 Å². The van der Waals surface area contributed by atoms with Gasteiger partial charge < -0.3 is 15.1 Å². The first-order chi connectivity index (χ1) is 14.7. The van der Waals surface area contributed by atoms with Crippen LogP contribution in [0.25, 0.3) is 11.3 Å². The highest BCUT2D eigenvalue weighted by Crippen LogP contribution is 2.24. The maximum Gasteiger partial charge on any atom is 0.243 e. The average Bonchev–Trinajstić information content (AvgIpc) is 3.16. The number of oxazole rings is 1. The van der Waals surface area contributed by atoms with Gasteiger partial charge in [0.1, 0.15) is 11.6 Å². The number of hydrogen-bond acceptors (Lipinski definition) is 4. The molecule has 162 valence electrons. The second kappa shape index (κ2) is 9.51. The van der Waals surface area contributed by atoms with E-state index in [2.05, 4.69) is 15.6 Å². The van der Waals surface area contributed by atoms with Crippen molar-refractivity contribution >= 4 is 17.5 Å². The zero-order chi connectivity index (χ0) is 22.5. The van der Waals surface area contributed by atoms with Gasteiger partial charge in [0.25, 0.3) is 0 Å². The fourth-order valence-electron chi connectivity index (χ4n) is 3.29. The van der Waals surface area contributed by atoms with Crippen molar-refractivity contribution in [2.75, 3.05) is 11.9 Å². The fourth-order valence-corrected chi connectivity index (χ4v) is 3.29. The maximum atomic E-state index is 13.8. The third kappa shape index (κ3) is 5.75. The van der Waals surface area contributed by atoms with E-state index in [4.69, 9.17) is 4.42 Å². The van der Waals surface area contributed by atoms with Gasteiger partial charge in [-0.2, -0.15) is 0 Å². The lowest BCUT2D eigenvalue weighted by molar-refractivity contribution is -0.124. The molecule has 2 N–H and O–H groups in total. The van der Waals surface area contributed by atoms with Crippen molar-refractivity contribution in [3.05, 3.63) is 70.7 Å². The lowest BCUT2D eigenvalue weighted by Crippen LogP contribution is -2.33. The molecule has 0 saturated heterocycles. The molecule has 3 aromatic rings. The van der Waals surface area contributed by atoms with Gasteiger partial charge in [-0.3, -0.25) is 9.59 Å². The molecule has 0 aliphatic carbocycles. The van der Waals surface area contributed by atoms with Crippen LogP contribution in [0.15, 0.2) is 40.9 Å². The van der Waals surface area contributed by atoms with Crippen LogP contribution in [-0.4, -0.2) is 23.3 Å². The van der Waals surface area contributed by atoms with E-state index in [0.29, 0.717) is 0 Å². The molecule has 0 unspecified atom stereocenters. The lowest BCUT2D eigenvalue weighted by Gasteiger charge is -2.13. The molecule has 0 aliphatic heterocycles. The first-order valence-electron chi connectivity index (χ1n) is 9.77. The maximum absolute atomic E-state index is 13.8. The minimum absolute atomic E-state index is 0.0434. The van der Waals surface area contributed by atoms with Crippen molar-refractivity contribution in [1.29, 1.82) is 0 Å². The third-order valence-corrected chi connectivity index (χ3v) is 4.70. The highest BCUT2D eigenvalue weighted by atomic mass is 19.1. The number of anilines is 1. The van der Waals surface area contributed by atoms with Gasteiger partial charge in [-0.1, -0.05) is 17.7 Å². The summed E-state index contributed by atoms with van der Waals surface area (Å²) in [6.07, 6.45) is 1.54. The van der Waals surface area contributed by atoms with Gasteiger partial charge in [-0.15, -0.1) is 0 Å². The molecule has 3 rings (SSSR count). The number of hydrogen-bond donors (Lipinski definition) is 2. The predicted octanol–water partition coefficient (Wildman–Crippen LogP) is 4.23. The second-order valence-corrected chi connectivity index (χ2v) is 7.34. The number of halogens is 2. The molecule has 1 aromatic heterocycles. The van der Waals surface area contributed by atoms with E-state index >= 15 is 0 Å². The topological polar surface area (TPSA) is 84.2 Å². The molecule has 2 amide bonds. The molecule has 2 aromatic carbocycles. The van der Waals surface area contributed by atoms with Crippen molar-refractivity contribution in [3.63, 3.8) is 0 Å². The summed E-state index contributed by atoms with van der Waals surface area (Å²) in [5.41, 5.74) is 3.84. The van der Waals surface area contributed by atoms with E-state index in [1.165, 1.54) is 12.3 Å². The molecule has 0 spiro atoms. The molecule has 0 radical (unpaired) electrons. The number of aryl methyl sites for hydroxylation is 4. The number of carbonyl (C=O) groups excluding carboxylic acids is 2. The molecule has 31 heavy (non-hydrogen) atoms. The standard InChI is InChI=1S/C23H23F2N3O3/c1-13-8-14(2)23(15(3)9-13)28-21(30)12-26-20(29)6-7-22-27-11-19(31-22)17-5-4-16(24)10-18(17)25/h4-5,8-11H,6-7,12H2,1-3H3,(H,26,29)(H,28,30). The Morgan fingerprint density at radius 1 is 1.03 bits per heavy atom. The van der Waals surface area contributed by atoms with E-state index in [0.717, 1.165) is 34.5 Å². The Labute approximate surface area is 178 Å². The molecule has 0 bridgehead atoms. The van der Waals surface area contributed by atoms with Gasteiger partial charge in [0.05, 0.1) is 18.3 Å². The minimum Gasteiger partial charge on any atom is -0.441 e. The minimum atomic E-state index is -0.759. The van der Waals surface area contributed by atoms with Gasteiger partial charge in [-0.05, 0) is 44.0 Å². The SMILES string of the molecule is Cc1cc(C)c(NC(=O)CNC(=O)CCc2ncc(-c3ccc(F)cc3F)o2)c(C)c1. The first-order valence-corrected chi connectivity index (χ1v) is 9.77. The summed E-state index contributed by atoms with van der Waals surface area (Å²) in [5, 5.41) is 5.37. The van der Waals surface area contributed by atoms with Crippen molar-refractivity contribution in [2.24, 2.45) is 0 Å². The predicted molar refractivity (Wildman–Crippen MR) is 112 cm³/mol. The summed E-state index contributed by atoms with van der Waals surface area (Å²) < 4.78 is 32.3. The van der Waals surface area contributed by atoms with Crippen LogP contribution in [0.3, 0.4) is 0 Å². The summed E-state index contributed by atoms with van der Waals surface area (Å²) >= 11 is 0. The molecule has 0 saturated carbocycles. The second-order valence-electron chi connectivity index (χ2n) is 7.34. The first kappa shape index (κ1) is 22.1. The van der Waals surface area contributed by atoms with Crippen LogP contribution in [0.1, 0.15) is 29.0 Å². The summed E-state index contributed by atoms with van der Waals surface area (Å²) in [6.45, 7) is 5.65. The zero-order valence-electron chi connectivity index (χ0n) is 17.5. The summed E-state index contributed by atoms with van der Waals surface area (Å²) in [6, 6.07) is 7.10. The molecular weight excluding hydrogens is 404 g/mol. The zero-order valence-corrected chi connectivity index (χ0v) is 17.5. The van der Waals surface area contributed by atoms with Crippen LogP contribution in [-0.2, 0) is 16.0 Å². The smallest absolute Gasteiger partial charge is 0.243 e. The van der Waals surface area contributed by atoms with Gasteiger partial charge in [0.15, 0.2) is 11.7 Å². The van der Waals surface area contributed by atoms with Crippen LogP contribution in [0.4, 0.5) is 14.5 Å². The number of benzene rings is 2. The Hall–Kier alpha value is -3.55. The Bertz CT molecular complexity index is 1100. The highest BCUT2D eigenvalue weighted by molar-refractivity contribution is 5.95. The number of nitrogens with zero attached hydrogens (tertiary/aromatic N) is 1. The van der Waals surface area contributed by atoms with Crippen LogP contribution in [0.5, 0.6) is 0 Å². The Morgan fingerprint density at radius 2 is 1.74 bits per heavy atom. The summed E-state index contributed by atoms with van der Waals surface area (Å²) in [4.78, 5) is 28.3. The number of aromatic nitrogens is 1. The van der Waals surface area contributed by atoms with E-state index in [1.807, 2.05) is 32.9 Å². The van der Waals surface area contributed by atoms with Gasteiger partial charge in [0, 0.05) is 24.6 Å². The monoisotopic (exact) mass is 427 g/mol. The van der Waals surface area contributed by atoms with Crippen LogP contribution >= 0.6 is 0 Å². The van der Waals surface area contributed by atoms with Gasteiger partial charge >= 0.3 is 0 Å². The molecule has 0 aliphatic rings. The van der Waals surface area contributed by atoms with Crippen molar-refractivity contribution in [3.8, 4) is 11.3 Å². The molecule has 0 fully saturated rings. The lowest BCUT2D eigenvalue weighted by atomic mass is 10.1. The average molecular weight is 427 g/mol. The Morgan fingerprint density at radius 3 is 2.42 bits per heavy atom. The largest absolute Gasteiger partial charge is 0.441 e. The highest BCUT2D eigenvalue weighted by Gasteiger charge is 2.14. The molecule has 1 heterocycles. The number of nitrogens with one attached hydrogen (secondary N) is 2. The molecule has 6 nitrogen and oxygen atoms in total. The quantitative estimate of drug-likeness (QED) is 0.591.